The Morgan fingerprint density at radius 2 is 2.36 bits per heavy atom. The number of carbonyl (C=O) groups excluding carboxylic acids is 1. The molecule has 1 aliphatic heterocycles. The van der Waals surface area contributed by atoms with E-state index < -0.39 is 0 Å². The number of hydrogen-bond acceptors (Lipinski definition) is 3. The highest BCUT2D eigenvalue weighted by molar-refractivity contribution is 7.98. The Bertz CT molecular complexity index is 199. The van der Waals surface area contributed by atoms with E-state index in [0.29, 0.717) is 12.6 Å². The lowest BCUT2D eigenvalue weighted by molar-refractivity contribution is -0.129. The molecule has 2 atom stereocenters. The summed E-state index contributed by atoms with van der Waals surface area (Å²) in [4.78, 5) is 13.7. The first-order valence-electron chi connectivity index (χ1n) is 5.28. The molecule has 0 saturated carbocycles. The van der Waals surface area contributed by atoms with Gasteiger partial charge in [0.05, 0.1) is 12.7 Å². The minimum atomic E-state index is 0.262. The van der Waals surface area contributed by atoms with Crippen molar-refractivity contribution in [3.8, 4) is 0 Å². The van der Waals surface area contributed by atoms with E-state index >= 15 is 0 Å². The molecule has 4 heteroatoms. The maximum Gasteiger partial charge on any atom is 0.238 e. The summed E-state index contributed by atoms with van der Waals surface area (Å²) in [5, 5.41) is 3.25. The van der Waals surface area contributed by atoms with Crippen molar-refractivity contribution in [3.63, 3.8) is 0 Å². The van der Waals surface area contributed by atoms with Crippen LogP contribution in [-0.4, -0.2) is 41.6 Å². The van der Waals surface area contributed by atoms with Crippen LogP contribution >= 0.6 is 11.8 Å². The lowest BCUT2D eigenvalue weighted by Crippen LogP contribution is -2.45. The highest BCUT2D eigenvalue weighted by Gasteiger charge is 2.33. The number of amides is 1. The van der Waals surface area contributed by atoms with Crippen molar-refractivity contribution in [1.29, 1.82) is 0 Å². The number of hydrogen-bond donors (Lipinski definition) is 1. The average molecular weight is 216 g/mol. The Hall–Kier alpha value is -0.220. The first-order chi connectivity index (χ1) is 6.74. The van der Waals surface area contributed by atoms with Crippen molar-refractivity contribution in [3.05, 3.63) is 0 Å². The van der Waals surface area contributed by atoms with Crippen LogP contribution in [0.2, 0.25) is 0 Å². The van der Waals surface area contributed by atoms with Crippen LogP contribution in [0.25, 0.3) is 0 Å². The first kappa shape index (κ1) is 11.9. The molecule has 1 aliphatic rings. The molecular weight excluding hydrogens is 196 g/mol. The summed E-state index contributed by atoms with van der Waals surface area (Å²) in [6.45, 7) is 4.79. The molecule has 1 heterocycles. The minimum Gasteiger partial charge on any atom is -0.322 e. The molecule has 82 valence electrons. The molecule has 1 rings (SSSR count). The zero-order valence-electron chi connectivity index (χ0n) is 9.25. The van der Waals surface area contributed by atoms with Crippen molar-refractivity contribution in [2.45, 2.75) is 38.9 Å². The highest BCUT2D eigenvalue weighted by atomic mass is 32.2. The summed E-state index contributed by atoms with van der Waals surface area (Å²) >= 11 is 1.81. The van der Waals surface area contributed by atoms with Gasteiger partial charge in [0.2, 0.25) is 5.91 Å². The smallest absolute Gasteiger partial charge is 0.238 e. The fourth-order valence-electron chi connectivity index (χ4n) is 1.95. The van der Waals surface area contributed by atoms with Crippen molar-refractivity contribution >= 4 is 17.7 Å². The molecule has 2 unspecified atom stereocenters. The molecule has 0 aromatic carbocycles. The summed E-state index contributed by atoms with van der Waals surface area (Å²) in [5.41, 5.74) is 0. The predicted molar refractivity (Wildman–Crippen MR) is 61.4 cm³/mol. The SMILES string of the molecule is CCC(CSC)N1C(=O)CNC1CC. The molecule has 1 fully saturated rings. The first-order valence-corrected chi connectivity index (χ1v) is 6.67. The number of rotatable bonds is 5. The molecule has 14 heavy (non-hydrogen) atoms. The Morgan fingerprint density at radius 3 is 2.86 bits per heavy atom. The number of thioether (sulfide) groups is 1. The van der Waals surface area contributed by atoms with E-state index in [4.69, 9.17) is 0 Å². The van der Waals surface area contributed by atoms with Gasteiger partial charge >= 0.3 is 0 Å². The molecular formula is C10H20N2OS. The van der Waals surface area contributed by atoms with Gasteiger partial charge in [0.25, 0.3) is 0 Å². The highest BCUT2D eigenvalue weighted by Crippen LogP contribution is 2.17. The third-order valence-corrected chi connectivity index (χ3v) is 3.44. The summed E-state index contributed by atoms with van der Waals surface area (Å²) in [7, 11) is 0. The quantitative estimate of drug-likeness (QED) is 0.752. The molecule has 1 saturated heterocycles. The number of nitrogens with zero attached hydrogens (tertiary/aromatic N) is 1. The second-order valence-electron chi connectivity index (χ2n) is 3.62. The van der Waals surface area contributed by atoms with E-state index in [0.717, 1.165) is 18.6 Å². The van der Waals surface area contributed by atoms with Crippen molar-refractivity contribution in [2.75, 3.05) is 18.6 Å². The van der Waals surface area contributed by atoms with Gasteiger partial charge in [-0.05, 0) is 19.1 Å². The van der Waals surface area contributed by atoms with Crippen molar-refractivity contribution in [2.24, 2.45) is 0 Å². The second kappa shape index (κ2) is 5.61. The molecule has 0 spiro atoms. The maximum absolute atomic E-state index is 11.7. The second-order valence-corrected chi connectivity index (χ2v) is 4.53. The van der Waals surface area contributed by atoms with Gasteiger partial charge in [0.15, 0.2) is 0 Å². The largest absolute Gasteiger partial charge is 0.322 e. The normalized spacial score (nSPS) is 24.4. The van der Waals surface area contributed by atoms with Crippen LogP contribution in [0.5, 0.6) is 0 Å². The van der Waals surface area contributed by atoms with Crippen molar-refractivity contribution in [1.82, 2.24) is 10.2 Å². The van der Waals surface area contributed by atoms with Gasteiger partial charge in [-0.25, -0.2) is 0 Å². The number of nitrogens with one attached hydrogen (secondary N) is 1. The van der Waals surface area contributed by atoms with Crippen molar-refractivity contribution < 1.29 is 4.79 Å². The van der Waals surface area contributed by atoms with Gasteiger partial charge in [-0.3, -0.25) is 10.1 Å². The fraction of sp³-hybridized carbons (Fsp3) is 0.900. The molecule has 0 aliphatic carbocycles. The Labute approximate surface area is 90.6 Å². The topological polar surface area (TPSA) is 32.3 Å². The fourth-order valence-corrected chi connectivity index (χ4v) is 2.74. The molecule has 0 radical (unpaired) electrons. The Balaban J connectivity index is 2.65. The van der Waals surface area contributed by atoms with Crippen LogP contribution in [-0.2, 0) is 4.79 Å². The zero-order chi connectivity index (χ0) is 10.6. The summed E-state index contributed by atoms with van der Waals surface area (Å²) in [6, 6.07) is 0.400. The zero-order valence-corrected chi connectivity index (χ0v) is 10.1. The lowest BCUT2D eigenvalue weighted by atomic mass is 10.2. The molecule has 0 bridgehead atoms. The minimum absolute atomic E-state index is 0.262. The standard InChI is InChI=1S/C10H20N2OS/c1-4-8(7-14-3)12-9(5-2)11-6-10(12)13/h8-9,11H,4-7H2,1-3H3. The van der Waals surface area contributed by atoms with Crippen LogP contribution in [0.1, 0.15) is 26.7 Å². The van der Waals surface area contributed by atoms with Gasteiger partial charge in [0.1, 0.15) is 0 Å². The van der Waals surface area contributed by atoms with Gasteiger partial charge in [-0.1, -0.05) is 13.8 Å². The maximum atomic E-state index is 11.7. The molecule has 0 aromatic rings. The van der Waals surface area contributed by atoms with Gasteiger partial charge in [-0.15, -0.1) is 0 Å². The van der Waals surface area contributed by atoms with E-state index in [9.17, 15) is 4.79 Å². The Morgan fingerprint density at radius 1 is 1.64 bits per heavy atom. The molecule has 3 nitrogen and oxygen atoms in total. The van der Waals surface area contributed by atoms with Gasteiger partial charge < -0.3 is 4.90 Å². The summed E-state index contributed by atoms with van der Waals surface area (Å²) < 4.78 is 0. The lowest BCUT2D eigenvalue weighted by Gasteiger charge is -2.31. The van der Waals surface area contributed by atoms with E-state index in [2.05, 4.69) is 25.4 Å². The third kappa shape index (κ3) is 2.42. The Kier molecular flexibility index (Phi) is 4.75. The average Bonchev–Trinajstić information content (AvgIpc) is 2.56. The van der Waals surface area contributed by atoms with E-state index in [-0.39, 0.29) is 12.1 Å². The van der Waals surface area contributed by atoms with Gasteiger partial charge in [0, 0.05) is 11.8 Å². The van der Waals surface area contributed by atoms with Crippen LogP contribution in [0.15, 0.2) is 0 Å². The van der Waals surface area contributed by atoms with Gasteiger partial charge in [-0.2, -0.15) is 11.8 Å². The van der Waals surface area contributed by atoms with E-state index in [1.54, 1.807) is 0 Å². The van der Waals surface area contributed by atoms with Crippen LogP contribution in [0.4, 0.5) is 0 Å². The van der Waals surface area contributed by atoms with Crippen LogP contribution < -0.4 is 5.32 Å². The molecule has 1 amide bonds. The third-order valence-electron chi connectivity index (χ3n) is 2.72. The summed E-state index contributed by atoms with van der Waals surface area (Å²) in [6.07, 6.45) is 4.40. The summed E-state index contributed by atoms with van der Waals surface area (Å²) in [5.74, 6) is 1.30. The van der Waals surface area contributed by atoms with Crippen LogP contribution in [0.3, 0.4) is 0 Å². The van der Waals surface area contributed by atoms with E-state index in [1.807, 2.05) is 16.7 Å². The monoisotopic (exact) mass is 216 g/mol. The molecule has 1 N–H and O–H groups in total. The predicted octanol–water partition coefficient (Wildman–Crippen LogP) is 1.30. The van der Waals surface area contributed by atoms with E-state index in [1.165, 1.54) is 0 Å². The molecule has 0 aromatic heterocycles. The van der Waals surface area contributed by atoms with Crippen LogP contribution in [0, 0.1) is 0 Å². The number of carbonyl (C=O) groups is 1.